The van der Waals surface area contributed by atoms with E-state index in [4.69, 9.17) is 9.40 Å². The number of anilines is 1. The molecule has 5 heterocycles. The highest BCUT2D eigenvalue weighted by Gasteiger charge is 2.28. The minimum atomic E-state index is -3.81. The third-order valence-electron chi connectivity index (χ3n) is 7.94. The fourth-order valence-electron chi connectivity index (χ4n) is 5.64. The number of pyridine rings is 2. The van der Waals surface area contributed by atoms with Crippen LogP contribution in [0.5, 0.6) is 0 Å². The van der Waals surface area contributed by atoms with Gasteiger partial charge in [-0.05, 0) is 54.6 Å². The van der Waals surface area contributed by atoms with Crippen LogP contribution >= 0.6 is 0 Å². The summed E-state index contributed by atoms with van der Waals surface area (Å²) in [7, 11) is -0.971. The Balaban J connectivity index is 1.51. The molecule has 0 bridgehead atoms. The van der Waals surface area contributed by atoms with E-state index in [1.54, 1.807) is 24.3 Å². The molecule has 0 spiro atoms. The van der Waals surface area contributed by atoms with Crippen LogP contribution in [0.3, 0.4) is 0 Å². The SMILES string of the molecule is CNC(=O)c1c(-c2ccc(F)cc2)oc2nc(N(C)S(C)(=O)=O)c(-c3ccc4c(n3)-c3cc5c(F)cccc5n3CC=C4)cc12. The number of furan rings is 1. The standard InChI is InChI=1S/C33H25F2N5O4S/c1-36-32(41)28-23-16-22(31(39(2)45(3,42)43)38-33(23)44-30(28)19-9-12-20(34)13-10-19)25-14-11-18-6-5-15-40-26-8-4-7-24(35)21(26)17-27(40)29(18)37-25/h4-14,16-17H,15H2,1-3H3,(H,36,41). The van der Waals surface area contributed by atoms with Crippen LogP contribution in [0.25, 0.3) is 62.0 Å². The summed E-state index contributed by atoms with van der Waals surface area (Å²) in [6, 6.07) is 17.3. The molecule has 0 fully saturated rings. The molecule has 0 saturated heterocycles. The lowest BCUT2D eigenvalue weighted by Crippen LogP contribution is -2.26. The summed E-state index contributed by atoms with van der Waals surface area (Å²) >= 11 is 0. The van der Waals surface area contributed by atoms with Crippen molar-refractivity contribution >= 4 is 49.8 Å². The highest BCUT2D eigenvalue weighted by atomic mass is 32.2. The van der Waals surface area contributed by atoms with Gasteiger partial charge >= 0.3 is 0 Å². The van der Waals surface area contributed by atoms with Crippen LogP contribution in [-0.2, 0) is 16.6 Å². The Bertz CT molecular complexity index is 2330. The van der Waals surface area contributed by atoms with Gasteiger partial charge in [0.1, 0.15) is 17.4 Å². The van der Waals surface area contributed by atoms with E-state index in [9.17, 15) is 22.0 Å². The molecule has 0 unspecified atom stereocenters. The second kappa shape index (κ2) is 10.4. The first-order chi connectivity index (χ1) is 21.5. The van der Waals surface area contributed by atoms with Crippen LogP contribution in [0.1, 0.15) is 15.9 Å². The number of sulfonamides is 1. The van der Waals surface area contributed by atoms with Crippen molar-refractivity contribution in [3.63, 3.8) is 0 Å². The lowest BCUT2D eigenvalue weighted by atomic mass is 10.0. The van der Waals surface area contributed by atoms with Crippen LogP contribution in [0.15, 0.2) is 77.2 Å². The quantitative estimate of drug-likeness (QED) is 0.243. The molecule has 2 aromatic carbocycles. The smallest absolute Gasteiger partial charge is 0.255 e. The maximum Gasteiger partial charge on any atom is 0.255 e. The third kappa shape index (κ3) is 4.65. The van der Waals surface area contributed by atoms with Crippen LogP contribution in [0.4, 0.5) is 14.6 Å². The van der Waals surface area contributed by atoms with E-state index in [0.29, 0.717) is 45.5 Å². The number of amides is 1. The van der Waals surface area contributed by atoms with Gasteiger partial charge in [0.05, 0.1) is 39.8 Å². The Labute approximate surface area is 256 Å². The van der Waals surface area contributed by atoms with Gasteiger partial charge < -0.3 is 14.3 Å². The molecule has 1 aliphatic rings. The molecule has 12 heteroatoms. The molecule has 1 N–H and O–H groups in total. The first-order valence-electron chi connectivity index (χ1n) is 13.9. The number of halogens is 2. The van der Waals surface area contributed by atoms with E-state index >= 15 is 0 Å². The summed E-state index contributed by atoms with van der Waals surface area (Å²) in [5.74, 6) is -1.11. The number of fused-ring (bicyclic) bond motifs is 6. The Kier molecular flexibility index (Phi) is 6.55. The third-order valence-corrected chi connectivity index (χ3v) is 9.11. The first kappa shape index (κ1) is 28.4. The molecular formula is C33H25F2N5O4S. The predicted molar refractivity (Wildman–Crippen MR) is 169 cm³/mol. The zero-order chi connectivity index (χ0) is 31.6. The molecule has 4 aromatic heterocycles. The molecule has 6 aromatic rings. The zero-order valence-electron chi connectivity index (χ0n) is 24.3. The fraction of sp³-hybridized carbons (Fsp3) is 0.121. The van der Waals surface area contributed by atoms with Crippen LogP contribution in [-0.4, -0.2) is 49.2 Å². The summed E-state index contributed by atoms with van der Waals surface area (Å²) in [5.41, 5.74) is 4.05. The number of carbonyl (C=O) groups excluding carboxylic acids is 1. The van der Waals surface area contributed by atoms with Gasteiger partial charge in [0.2, 0.25) is 15.7 Å². The van der Waals surface area contributed by atoms with Gasteiger partial charge in [-0.2, -0.15) is 4.98 Å². The predicted octanol–water partition coefficient (Wildman–Crippen LogP) is 6.24. The van der Waals surface area contributed by atoms with Crippen molar-refractivity contribution in [1.29, 1.82) is 0 Å². The van der Waals surface area contributed by atoms with Crippen molar-refractivity contribution in [3.8, 4) is 34.0 Å². The number of aromatic nitrogens is 3. The van der Waals surface area contributed by atoms with Gasteiger partial charge in [0.25, 0.3) is 5.91 Å². The maximum absolute atomic E-state index is 14.8. The van der Waals surface area contributed by atoms with E-state index < -0.39 is 21.7 Å². The largest absolute Gasteiger partial charge is 0.437 e. The van der Waals surface area contributed by atoms with Crippen LogP contribution in [0, 0.1) is 11.6 Å². The minimum absolute atomic E-state index is 0.00969. The number of carbonyl (C=O) groups is 1. The minimum Gasteiger partial charge on any atom is -0.437 e. The first-order valence-corrected chi connectivity index (χ1v) is 15.8. The van der Waals surface area contributed by atoms with E-state index in [0.717, 1.165) is 21.6 Å². The van der Waals surface area contributed by atoms with Crippen molar-refractivity contribution in [2.75, 3.05) is 24.7 Å². The van der Waals surface area contributed by atoms with Crippen molar-refractivity contribution in [2.24, 2.45) is 0 Å². The van der Waals surface area contributed by atoms with Gasteiger partial charge in [-0.25, -0.2) is 22.2 Å². The summed E-state index contributed by atoms with van der Waals surface area (Å²) in [6.07, 6.45) is 4.95. The molecule has 45 heavy (non-hydrogen) atoms. The molecule has 7 rings (SSSR count). The highest BCUT2D eigenvalue weighted by Crippen LogP contribution is 2.40. The van der Waals surface area contributed by atoms with E-state index in [-0.39, 0.29) is 28.7 Å². The monoisotopic (exact) mass is 625 g/mol. The van der Waals surface area contributed by atoms with Crippen LogP contribution < -0.4 is 9.62 Å². The number of hydrogen-bond acceptors (Lipinski definition) is 6. The number of rotatable bonds is 5. The second-order valence-electron chi connectivity index (χ2n) is 10.7. The Morgan fingerprint density at radius 3 is 2.53 bits per heavy atom. The number of allylic oxidation sites excluding steroid dienone is 1. The molecular weight excluding hydrogens is 600 g/mol. The highest BCUT2D eigenvalue weighted by molar-refractivity contribution is 7.92. The summed E-state index contributed by atoms with van der Waals surface area (Å²) in [4.78, 5) is 22.8. The number of nitrogens with one attached hydrogen (secondary N) is 1. The van der Waals surface area contributed by atoms with E-state index in [1.165, 1.54) is 44.4 Å². The maximum atomic E-state index is 14.8. The van der Waals surface area contributed by atoms with Gasteiger partial charge in [-0.1, -0.05) is 24.3 Å². The zero-order valence-corrected chi connectivity index (χ0v) is 25.1. The van der Waals surface area contributed by atoms with Crippen molar-refractivity contribution < 1.29 is 26.4 Å². The fourth-order valence-corrected chi connectivity index (χ4v) is 6.09. The van der Waals surface area contributed by atoms with Crippen molar-refractivity contribution in [1.82, 2.24) is 19.9 Å². The van der Waals surface area contributed by atoms with Crippen LogP contribution in [0.2, 0.25) is 0 Å². The number of benzene rings is 2. The average Bonchev–Trinajstić information content (AvgIpc) is 3.53. The average molecular weight is 626 g/mol. The van der Waals surface area contributed by atoms with Crippen molar-refractivity contribution in [3.05, 3.63) is 95.6 Å². The molecule has 226 valence electrons. The molecule has 0 saturated carbocycles. The van der Waals surface area contributed by atoms with E-state index in [1.807, 2.05) is 28.9 Å². The van der Waals surface area contributed by atoms with Gasteiger partial charge in [0, 0.05) is 42.7 Å². The topological polar surface area (TPSA) is 110 Å². The molecule has 1 amide bonds. The molecule has 0 aliphatic carbocycles. The summed E-state index contributed by atoms with van der Waals surface area (Å²) < 4.78 is 63.1. The van der Waals surface area contributed by atoms with Crippen molar-refractivity contribution in [2.45, 2.75) is 6.54 Å². The molecule has 0 radical (unpaired) electrons. The summed E-state index contributed by atoms with van der Waals surface area (Å²) in [6.45, 7) is 0.500. The van der Waals surface area contributed by atoms with E-state index in [2.05, 4.69) is 10.3 Å². The Morgan fingerprint density at radius 2 is 1.80 bits per heavy atom. The lowest BCUT2D eigenvalue weighted by molar-refractivity contribution is 0.0964. The Morgan fingerprint density at radius 1 is 1.02 bits per heavy atom. The van der Waals surface area contributed by atoms with Gasteiger partial charge in [0.15, 0.2) is 5.82 Å². The lowest BCUT2D eigenvalue weighted by Gasteiger charge is -2.19. The second-order valence-corrected chi connectivity index (χ2v) is 12.7. The number of nitrogens with zero attached hydrogens (tertiary/aromatic N) is 4. The number of hydrogen-bond donors (Lipinski definition) is 1. The molecule has 9 nitrogen and oxygen atoms in total. The summed E-state index contributed by atoms with van der Waals surface area (Å²) in [5, 5.41) is 3.38. The Hall–Kier alpha value is -5.36. The molecule has 0 atom stereocenters. The molecule has 1 aliphatic heterocycles. The van der Waals surface area contributed by atoms with Gasteiger partial charge in [-0.3, -0.25) is 9.10 Å². The van der Waals surface area contributed by atoms with Gasteiger partial charge in [-0.15, -0.1) is 0 Å². The normalized spacial score (nSPS) is 12.6.